The quantitative estimate of drug-likeness (QED) is 0.904. The van der Waals surface area contributed by atoms with Crippen LogP contribution in [0, 0.1) is 0 Å². The maximum Gasteiger partial charge on any atom is 0.284 e. The molecule has 2 aromatic heterocycles. The second kappa shape index (κ2) is 4.99. The van der Waals surface area contributed by atoms with Gasteiger partial charge in [-0.25, -0.2) is 14.3 Å². The number of fused-ring (bicyclic) bond motifs is 1. The van der Waals surface area contributed by atoms with Gasteiger partial charge in [0, 0.05) is 18.8 Å². The highest BCUT2D eigenvalue weighted by Crippen LogP contribution is 2.29. The van der Waals surface area contributed by atoms with Crippen LogP contribution < -0.4 is 9.62 Å². The van der Waals surface area contributed by atoms with Gasteiger partial charge in [0.05, 0.1) is 18.4 Å². The molecular formula is C12H16N6O2S. The molecule has 3 rings (SSSR count). The fourth-order valence-corrected chi connectivity index (χ4v) is 3.50. The van der Waals surface area contributed by atoms with Crippen LogP contribution in [0.2, 0.25) is 0 Å². The summed E-state index contributed by atoms with van der Waals surface area (Å²) >= 11 is 0. The minimum Gasteiger partial charge on any atom is -0.379 e. The Morgan fingerprint density at radius 3 is 2.90 bits per heavy atom. The van der Waals surface area contributed by atoms with Crippen molar-refractivity contribution in [2.45, 2.75) is 24.9 Å². The van der Waals surface area contributed by atoms with Crippen LogP contribution in [-0.4, -0.2) is 41.3 Å². The van der Waals surface area contributed by atoms with Crippen LogP contribution in [0.4, 0.5) is 11.5 Å². The molecule has 2 aromatic rings. The molecule has 0 saturated heterocycles. The van der Waals surface area contributed by atoms with Crippen LogP contribution in [0.3, 0.4) is 0 Å². The van der Waals surface area contributed by atoms with Crippen molar-refractivity contribution in [3.05, 3.63) is 24.8 Å². The number of anilines is 2. The first kappa shape index (κ1) is 13.8. The third-order valence-corrected chi connectivity index (χ3v) is 4.91. The first-order chi connectivity index (χ1) is 10.00. The van der Waals surface area contributed by atoms with E-state index in [0.717, 1.165) is 0 Å². The molecule has 1 N–H and O–H groups in total. The molecule has 0 fully saturated rings. The van der Waals surface area contributed by atoms with Crippen LogP contribution >= 0.6 is 0 Å². The molecule has 8 nitrogen and oxygen atoms in total. The molecule has 0 radical (unpaired) electrons. The SMILES string of the molecule is CC(C)n1ccc(S(=O)(=O)N2CCNc3cncnc32)n1. The Labute approximate surface area is 122 Å². The maximum atomic E-state index is 12.7. The number of hydrogen-bond acceptors (Lipinski definition) is 6. The lowest BCUT2D eigenvalue weighted by atomic mass is 10.4. The van der Waals surface area contributed by atoms with E-state index in [-0.39, 0.29) is 11.1 Å². The van der Waals surface area contributed by atoms with Gasteiger partial charge in [0.25, 0.3) is 10.0 Å². The van der Waals surface area contributed by atoms with Crippen molar-refractivity contribution >= 4 is 21.5 Å². The molecule has 0 spiro atoms. The summed E-state index contributed by atoms with van der Waals surface area (Å²) < 4.78 is 28.4. The molecule has 9 heteroatoms. The summed E-state index contributed by atoms with van der Waals surface area (Å²) in [6.45, 7) is 4.69. The van der Waals surface area contributed by atoms with Crippen LogP contribution in [0.5, 0.6) is 0 Å². The highest BCUT2D eigenvalue weighted by atomic mass is 32.2. The minimum absolute atomic E-state index is 0.0302. The van der Waals surface area contributed by atoms with Crippen LogP contribution in [0.15, 0.2) is 29.8 Å². The summed E-state index contributed by atoms with van der Waals surface area (Å²) in [6.07, 6.45) is 4.57. The molecule has 0 unspecified atom stereocenters. The van der Waals surface area contributed by atoms with Crippen LogP contribution in [0.1, 0.15) is 19.9 Å². The lowest BCUT2D eigenvalue weighted by Gasteiger charge is -2.28. The highest BCUT2D eigenvalue weighted by Gasteiger charge is 2.32. The van der Waals surface area contributed by atoms with Crippen molar-refractivity contribution in [3.63, 3.8) is 0 Å². The number of nitrogens with zero attached hydrogens (tertiary/aromatic N) is 5. The minimum atomic E-state index is -3.72. The zero-order valence-electron chi connectivity index (χ0n) is 11.8. The summed E-state index contributed by atoms with van der Waals surface area (Å²) in [7, 11) is -3.72. The summed E-state index contributed by atoms with van der Waals surface area (Å²) in [5.74, 6) is 0.357. The summed E-state index contributed by atoms with van der Waals surface area (Å²) in [4.78, 5) is 7.97. The van der Waals surface area contributed by atoms with Gasteiger partial charge >= 0.3 is 0 Å². The van der Waals surface area contributed by atoms with E-state index < -0.39 is 10.0 Å². The molecule has 3 heterocycles. The van der Waals surface area contributed by atoms with E-state index in [0.29, 0.717) is 24.6 Å². The molecule has 0 atom stereocenters. The Morgan fingerprint density at radius 2 is 2.19 bits per heavy atom. The smallest absolute Gasteiger partial charge is 0.284 e. The van der Waals surface area contributed by atoms with Gasteiger partial charge in [0.15, 0.2) is 10.8 Å². The molecule has 21 heavy (non-hydrogen) atoms. The standard InChI is InChI=1S/C12H16N6O2S/c1-9(2)17-5-3-11(16-17)21(19,20)18-6-4-14-10-7-13-8-15-12(10)18/h3,5,7-9,14H,4,6H2,1-2H3. The van der Waals surface area contributed by atoms with Gasteiger partial charge in [-0.05, 0) is 19.9 Å². The summed E-state index contributed by atoms with van der Waals surface area (Å²) in [6, 6.07) is 1.62. The molecule has 0 saturated carbocycles. The van der Waals surface area contributed by atoms with E-state index in [4.69, 9.17) is 0 Å². The van der Waals surface area contributed by atoms with Crippen molar-refractivity contribution in [2.24, 2.45) is 0 Å². The van der Waals surface area contributed by atoms with E-state index in [1.54, 1.807) is 17.1 Å². The number of nitrogens with one attached hydrogen (secondary N) is 1. The van der Waals surface area contributed by atoms with E-state index in [1.165, 1.54) is 16.7 Å². The Hall–Kier alpha value is -2.16. The van der Waals surface area contributed by atoms with Crippen LogP contribution in [-0.2, 0) is 10.0 Å². The zero-order valence-corrected chi connectivity index (χ0v) is 12.6. The number of aromatic nitrogens is 4. The van der Waals surface area contributed by atoms with Crippen molar-refractivity contribution in [1.82, 2.24) is 19.7 Å². The average Bonchev–Trinajstić information content (AvgIpc) is 2.97. The van der Waals surface area contributed by atoms with Gasteiger partial charge < -0.3 is 5.32 Å². The van der Waals surface area contributed by atoms with E-state index in [1.807, 2.05) is 13.8 Å². The van der Waals surface area contributed by atoms with Crippen molar-refractivity contribution in [3.8, 4) is 0 Å². The largest absolute Gasteiger partial charge is 0.379 e. The Morgan fingerprint density at radius 1 is 1.38 bits per heavy atom. The molecule has 0 aromatic carbocycles. The monoisotopic (exact) mass is 308 g/mol. The molecule has 0 amide bonds. The predicted molar refractivity (Wildman–Crippen MR) is 77.7 cm³/mol. The third kappa shape index (κ3) is 2.33. The summed E-state index contributed by atoms with van der Waals surface area (Å²) in [5, 5.41) is 7.27. The van der Waals surface area contributed by atoms with Crippen LogP contribution in [0.25, 0.3) is 0 Å². The first-order valence-corrected chi connectivity index (χ1v) is 8.06. The fraction of sp³-hybridized carbons (Fsp3) is 0.417. The van der Waals surface area contributed by atoms with E-state index >= 15 is 0 Å². The van der Waals surface area contributed by atoms with Gasteiger partial charge in [0.2, 0.25) is 0 Å². The van der Waals surface area contributed by atoms with Gasteiger partial charge in [-0.3, -0.25) is 4.68 Å². The van der Waals surface area contributed by atoms with Gasteiger partial charge in [-0.1, -0.05) is 0 Å². The second-order valence-corrected chi connectivity index (χ2v) is 6.80. The first-order valence-electron chi connectivity index (χ1n) is 6.62. The number of hydrogen-bond donors (Lipinski definition) is 1. The van der Waals surface area contributed by atoms with E-state index in [9.17, 15) is 8.42 Å². The van der Waals surface area contributed by atoms with Gasteiger partial charge in [-0.15, -0.1) is 0 Å². The topological polar surface area (TPSA) is 93.0 Å². The number of sulfonamides is 1. The average molecular weight is 308 g/mol. The third-order valence-electron chi connectivity index (χ3n) is 3.23. The van der Waals surface area contributed by atoms with Crippen molar-refractivity contribution in [1.29, 1.82) is 0 Å². The zero-order chi connectivity index (χ0) is 15.0. The second-order valence-electron chi connectivity index (χ2n) is 4.99. The van der Waals surface area contributed by atoms with E-state index in [2.05, 4.69) is 20.4 Å². The molecule has 0 bridgehead atoms. The lowest BCUT2D eigenvalue weighted by Crippen LogP contribution is -2.39. The van der Waals surface area contributed by atoms with Gasteiger partial charge in [0.1, 0.15) is 6.33 Å². The van der Waals surface area contributed by atoms with Gasteiger partial charge in [-0.2, -0.15) is 13.5 Å². The molecule has 0 aliphatic carbocycles. The normalized spacial score (nSPS) is 14.9. The molecular weight excluding hydrogens is 292 g/mol. The number of rotatable bonds is 3. The van der Waals surface area contributed by atoms with Crippen molar-refractivity contribution < 1.29 is 8.42 Å². The van der Waals surface area contributed by atoms with Crippen molar-refractivity contribution in [2.75, 3.05) is 22.7 Å². The molecule has 1 aliphatic heterocycles. The highest BCUT2D eigenvalue weighted by molar-refractivity contribution is 7.92. The maximum absolute atomic E-state index is 12.7. The Kier molecular flexibility index (Phi) is 3.28. The predicted octanol–water partition coefficient (Wildman–Crippen LogP) is 0.875. The Balaban J connectivity index is 2.03. The summed E-state index contributed by atoms with van der Waals surface area (Å²) in [5.41, 5.74) is 0.607. The fourth-order valence-electron chi connectivity index (χ4n) is 2.14. The Bertz CT molecular complexity index is 755. The molecule has 1 aliphatic rings. The molecule has 112 valence electrons. The lowest BCUT2D eigenvalue weighted by molar-refractivity contribution is 0.515.